The highest BCUT2D eigenvalue weighted by atomic mass is 16.5. The third-order valence-electron chi connectivity index (χ3n) is 3.01. The van der Waals surface area contributed by atoms with Gasteiger partial charge in [0.15, 0.2) is 0 Å². The van der Waals surface area contributed by atoms with Gasteiger partial charge in [-0.1, -0.05) is 43.2 Å². The van der Waals surface area contributed by atoms with Crippen molar-refractivity contribution in [3.05, 3.63) is 35.9 Å². The van der Waals surface area contributed by atoms with E-state index in [2.05, 4.69) is 10.6 Å². The first kappa shape index (κ1) is 18.0. The fourth-order valence-electron chi connectivity index (χ4n) is 1.81. The Balaban J connectivity index is 2.02. The van der Waals surface area contributed by atoms with Gasteiger partial charge in [0.2, 0.25) is 5.91 Å². The molecule has 6 heteroatoms. The minimum absolute atomic E-state index is 0.0930. The zero-order chi connectivity index (χ0) is 16.0. The number of rotatable bonds is 10. The first-order valence-electron chi connectivity index (χ1n) is 7.54. The molecule has 0 aliphatic rings. The van der Waals surface area contributed by atoms with Crippen LogP contribution in [0.5, 0.6) is 0 Å². The monoisotopic (exact) mass is 308 g/mol. The second-order valence-corrected chi connectivity index (χ2v) is 4.90. The number of ether oxygens (including phenoxy) is 1. The summed E-state index contributed by atoms with van der Waals surface area (Å²) < 4.78 is 4.99. The highest BCUT2D eigenvalue weighted by Gasteiger charge is 2.06. The van der Waals surface area contributed by atoms with Crippen molar-refractivity contribution in [1.82, 2.24) is 10.6 Å². The summed E-state index contributed by atoms with van der Waals surface area (Å²) in [6.45, 7) is 0.871. The van der Waals surface area contributed by atoms with Gasteiger partial charge in [0.1, 0.15) is 6.61 Å². The summed E-state index contributed by atoms with van der Waals surface area (Å²) >= 11 is 0. The molecule has 0 saturated heterocycles. The third-order valence-corrected chi connectivity index (χ3v) is 3.01. The Morgan fingerprint density at radius 1 is 1.00 bits per heavy atom. The predicted octanol–water partition coefficient (Wildman–Crippen LogP) is 1.58. The van der Waals surface area contributed by atoms with Crippen molar-refractivity contribution in [2.24, 2.45) is 0 Å². The number of benzene rings is 1. The minimum Gasteiger partial charge on any atom is -0.445 e. The van der Waals surface area contributed by atoms with E-state index in [1.165, 1.54) is 0 Å². The van der Waals surface area contributed by atoms with E-state index in [0.29, 0.717) is 6.54 Å². The molecule has 0 fully saturated rings. The molecule has 122 valence electrons. The van der Waals surface area contributed by atoms with Gasteiger partial charge in [-0.25, -0.2) is 4.79 Å². The van der Waals surface area contributed by atoms with E-state index in [1.54, 1.807) is 0 Å². The van der Waals surface area contributed by atoms with Crippen molar-refractivity contribution >= 4 is 12.0 Å². The van der Waals surface area contributed by atoms with Crippen LogP contribution in [0.1, 0.15) is 31.2 Å². The number of hydrogen-bond donors (Lipinski definition) is 3. The minimum atomic E-state index is -0.609. The van der Waals surface area contributed by atoms with Crippen molar-refractivity contribution < 1.29 is 19.4 Å². The Bertz CT molecular complexity index is 437. The van der Waals surface area contributed by atoms with Crippen LogP contribution >= 0.6 is 0 Å². The summed E-state index contributed by atoms with van der Waals surface area (Å²) in [4.78, 5) is 22.9. The molecule has 1 aromatic carbocycles. The van der Waals surface area contributed by atoms with Crippen LogP contribution in [0, 0.1) is 0 Å². The number of carbonyl (C=O) groups is 2. The maximum atomic E-state index is 11.5. The summed E-state index contributed by atoms with van der Waals surface area (Å²) in [5, 5.41) is 13.8. The van der Waals surface area contributed by atoms with E-state index >= 15 is 0 Å². The Morgan fingerprint density at radius 2 is 1.73 bits per heavy atom. The van der Waals surface area contributed by atoms with E-state index in [0.717, 1.165) is 31.2 Å². The van der Waals surface area contributed by atoms with Crippen LogP contribution in [0.4, 0.5) is 4.79 Å². The molecule has 0 aliphatic heterocycles. The normalized spacial score (nSPS) is 10.0. The van der Waals surface area contributed by atoms with Crippen LogP contribution in [0.25, 0.3) is 0 Å². The summed E-state index contributed by atoms with van der Waals surface area (Å²) in [7, 11) is 0. The molecular formula is C16H24N2O4. The maximum absolute atomic E-state index is 11.5. The van der Waals surface area contributed by atoms with Crippen LogP contribution in [-0.2, 0) is 16.1 Å². The van der Waals surface area contributed by atoms with Crippen molar-refractivity contribution in [1.29, 1.82) is 0 Å². The molecule has 3 N–H and O–H groups in total. The summed E-state index contributed by atoms with van der Waals surface area (Å²) in [6.07, 6.45) is 2.97. The summed E-state index contributed by atoms with van der Waals surface area (Å²) in [5.41, 5.74) is 0.894. The smallest absolute Gasteiger partial charge is 0.407 e. The van der Waals surface area contributed by atoms with Gasteiger partial charge in [-0.15, -0.1) is 0 Å². The molecule has 0 heterocycles. The van der Waals surface area contributed by atoms with E-state index in [-0.39, 0.29) is 25.7 Å². The highest BCUT2D eigenvalue weighted by Crippen LogP contribution is 2.00. The second kappa shape index (κ2) is 11.6. The number of carbonyl (C=O) groups excluding carboxylic acids is 2. The Morgan fingerprint density at radius 3 is 2.45 bits per heavy atom. The first-order chi connectivity index (χ1) is 10.7. The molecule has 0 aromatic heterocycles. The van der Waals surface area contributed by atoms with Crippen LogP contribution in [0.3, 0.4) is 0 Å². The van der Waals surface area contributed by atoms with E-state index in [9.17, 15) is 9.59 Å². The Kier molecular flexibility index (Phi) is 9.45. The lowest BCUT2D eigenvalue weighted by Crippen LogP contribution is -2.37. The average molecular weight is 308 g/mol. The van der Waals surface area contributed by atoms with Crippen LogP contribution in [0.2, 0.25) is 0 Å². The molecule has 0 aliphatic carbocycles. The zero-order valence-corrected chi connectivity index (χ0v) is 12.7. The van der Waals surface area contributed by atoms with Gasteiger partial charge in [-0.05, 0) is 18.4 Å². The lowest BCUT2D eigenvalue weighted by Gasteiger charge is -2.08. The molecule has 0 atom stereocenters. The fourth-order valence-corrected chi connectivity index (χ4v) is 1.81. The number of aliphatic hydroxyl groups excluding tert-OH is 1. The topological polar surface area (TPSA) is 87.7 Å². The molecule has 0 radical (unpaired) electrons. The number of hydrogen-bond acceptors (Lipinski definition) is 4. The molecule has 0 saturated carbocycles. The number of aliphatic hydroxyl groups is 1. The van der Waals surface area contributed by atoms with Gasteiger partial charge >= 0.3 is 6.09 Å². The number of amides is 2. The maximum Gasteiger partial charge on any atom is 0.407 e. The lowest BCUT2D eigenvalue weighted by atomic mass is 10.2. The van der Waals surface area contributed by atoms with Crippen molar-refractivity contribution in [3.63, 3.8) is 0 Å². The quantitative estimate of drug-likeness (QED) is 0.573. The number of alkyl carbamates (subject to hydrolysis) is 1. The number of nitrogens with one attached hydrogen (secondary N) is 2. The third kappa shape index (κ3) is 8.97. The lowest BCUT2D eigenvalue weighted by molar-refractivity contribution is -0.120. The largest absolute Gasteiger partial charge is 0.445 e. The molecule has 2 amide bonds. The fraction of sp³-hybridized carbons (Fsp3) is 0.500. The first-order valence-corrected chi connectivity index (χ1v) is 7.54. The predicted molar refractivity (Wildman–Crippen MR) is 83.2 cm³/mol. The van der Waals surface area contributed by atoms with Gasteiger partial charge in [0.05, 0.1) is 6.54 Å². The Labute approximate surface area is 130 Å². The van der Waals surface area contributed by atoms with Crippen molar-refractivity contribution in [2.45, 2.75) is 32.3 Å². The highest BCUT2D eigenvalue weighted by molar-refractivity contribution is 5.82. The SMILES string of the molecule is O=C(CNC(=O)OCc1ccccc1)NCCCCCCO. The van der Waals surface area contributed by atoms with Crippen LogP contribution < -0.4 is 10.6 Å². The van der Waals surface area contributed by atoms with Gasteiger partial charge in [-0.2, -0.15) is 0 Å². The molecule has 0 spiro atoms. The average Bonchev–Trinajstić information content (AvgIpc) is 2.55. The molecule has 1 rings (SSSR count). The molecule has 0 bridgehead atoms. The molecule has 6 nitrogen and oxygen atoms in total. The molecule has 22 heavy (non-hydrogen) atoms. The van der Waals surface area contributed by atoms with Gasteiger partial charge in [0, 0.05) is 13.2 Å². The standard InChI is InChI=1S/C16H24N2O4/c19-11-7-2-1-6-10-17-15(20)12-18-16(21)22-13-14-8-4-3-5-9-14/h3-5,8-9,19H,1-2,6-7,10-13H2,(H,17,20)(H,18,21). The van der Waals surface area contributed by atoms with Gasteiger partial charge < -0.3 is 20.5 Å². The van der Waals surface area contributed by atoms with E-state index < -0.39 is 6.09 Å². The number of unbranched alkanes of at least 4 members (excludes halogenated alkanes) is 3. The Hall–Kier alpha value is -2.08. The van der Waals surface area contributed by atoms with Crippen LogP contribution in [0.15, 0.2) is 30.3 Å². The summed E-state index contributed by atoms with van der Waals surface area (Å²) in [6, 6.07) is 9.33. The zero-order valence-electron chi connectivity index (χ0n) is 12.7. The van der Waals surface area contributed by atoms with Gasteiger partial charge in [0.25, 0.3) is 0 Å². The van der Waals surface area contributed by atoms with Crippen molar-refractivity contribution in [2.75, 3.05) is 19.7 Å². The summed E-state index contributed by atoms with van der Waals surface area (Å²) in [5.74, 6) is -0.237. The second-order valence-electron chi connectivity index (χ2n) is 4.90. The van der Waals surface area contributed by atoms with Gasteiger partial charge in [-0.3, -0.25) is 4.79 Å². The van der Waals surface area contributed by atoms with E-state index in [1.807, 2.05) is 30.3 Å². The van der Waals surface area contributed by atoms with Crippen LogP contribution in [-0.4, -0.2) is 36.8 Å². The molecular weight excluding hydrogens is 284 g/mol. The molecule has 0 unspecified atom stereocenters. The molecule has 1 aromatic rings. The van der Waals surface area contributed by atoms with Crippen molar-refractivity contribution in [3.8, 4) is 0 Å². The van der Waals surface area contributed by atoms with E-state index in [4.69, 9.17) is 9.84 Å².